The molecule has 5 rings (SSSR count). The summed E-state index contributed by atoms with van der Waals surface area (Å²) in [6, 6.07) is 14.4. The lowest BCUT2D eigenvalue weighted by atomic mass is 9.97. The lowest BCUT2D eigenvalue weighted by Crippen LogP contribution is -2.39. The fraction of sp³-hybridized carbons (Fsp3) is 0.150. The largest absolute Gasteiger partial charge is 0.360 e. The van der Waals surface area contributed by atoms with Crippen LogP contribution in [-0.2, 0) is 6.42 Å². The number of para-hydroxylation sites is 1. The first-order valence-electron chi connectivity index (χ1n) is 8.29. The van der Waals surface area contributed by atoms with Crippen molar-refractivity contribution in [2.45, 2.75) is 12.5 Å². The number of nitrogens with one attached hydrogen (secondary N) is 1. The molecule has 1 aliphatic rings. The Labute approximate surface area is 153 Å². The lowest BCUT2D eigenvalue weighted by molar-refractivity contribution is 0.0701. The highest BCUT2D eigenvalue weighted by atomic mass is 32.1. The Balaban J connectivity index is 1.61. The second-order valence-electron chi connectivity index (χ2n) is 6.21. The number of thiophene rings is 2. The van der Waals surface area contributed by atoms with Crippen LogP contribution in [0.1, 0.15) is 31.7 Å². The fourth-order valence-corrected chi connectivity index (χ4v) is 5.45. The van der Waals surface area contributed by atoms with Crippen molar-refractivity contribution in [3.8, 4) is 0 Å². The van der Waals surface area contributed by atoms with E-state index in [9.17, 15) is 4.79 Å². The molecular formula is C20H16N2OS2. The van der Waals surface area contributed by atoms with Crippen LogP contribution in [0, 0.1) is 0 Å². The molecule has 0 fully saturated rings. The maximum Gasteiger partial charge on any atom is 0.256 e. The summed E-state index contributed by atoms with van der Waals surface area (Å²) < 4.78 is 0. The van der Waals surface area contributed by atoms with E-state index in [4.69, 9.17) is 0 Å². The minimum absolute atomic E-state index is 0.0242. The smallest absolute Gasteiger partial charge is 0.256 e. The maximum atomic E-state index is 13.4. The SMILES string of the molecule is O=C(c1c[nH]c2ccccc12)N1CCc2sccc2[C@H]1c1cccs1. The van der Waals surface area contributed by atoms with Crippen molar-refractivity contribution in [1.82, 2.24) is 9.88 Å². The number of hydrogen-bond donors (Lipinski definition) is 1. The molecule has 1 atom stereocenters. The number of amides is 1. The molecule has 4 heterocycles. The monoisotopic (exact) mass is 364 g/mol. The Hall–Kier alpha value is -2.37. The van der Waals surface area contributed by atoms with E-state index in [1.165, 1.54) is 15.3 Å². The molecule has 0 saturated carbocycles. The Morgan fingerprint density at radius 1 is 1.08 bits per heavy atom. The number of fused-ring (bicyclic) bond motifs is 2. The topological polar surface area (TPSA) is 36.1 Å². The number of nitrogens with zero attached hydrogens (tertiary/aromatic N) is 1. The van der Waals surface area contributed by atoms with Crippen molar-refractivity contribution in [1.29, 1.82) is 0 Å². The molecule has 4 aromatic rings. The molecule has 1 aromatic carbocycles. The quantitative estimate of drug-likeness (QED) is 0.529. The van der Waals surface area contributed by atoms with Crippen molar-refractivity contribution in [3.05, 3.63) is 80.3 Å². The molecule has 1 aliphatic heterocycles. The standard InChI is InChI=1S/C20H16N2OS2/c23-20(15-12-21-16-5-2-1-4-13(15)16)22-9-7-17-14(8-11-25-17)19(22)18-6-3-10-24-18/h1-6,8,10-12,19,21H,7,9H2/t19-/m0/s1. The van der Waals surface area contributed by atoms with Crippen LogP contribution < -0.4 is 0 Å². The van der Waals surface area contributed by atoms with Crippen molar-refractivity contribution in [3.63, 3.8) is 0 Å². The van der Waals surface area contributed by atoms with E-state index in [2.05, 4.69) is 33.9 Å². The first-order chi connectivity index (χ1) is 12.3. The minimum atomic E-state index is 0.0242. The molecule has 0 bridgehead atoms. The number of rotatable bonds is 2. The molecule has 0 aliphatic carbocycles. The summed E-state index contributed by atoms with van der Waals surface area (Å²) in [5, 5.41) is 5.23. The summed E-state index contributed by atoms with van der Waals surface area (Å²) in [5.74, 6) is 0.104. The van der Waals surface area contributed by atoms with Gasteiger partial charge in [0.05, 0.1) is 11.6 Å². The van der Waals surface area contributed by atoms with Gasteiger partial charge in [-0.1, -0.05) is 24.3 Å². The normalized spacial score (nSPS) is 17.0. The van der Waals surface area contributed by atoms with Gasteiger partial charge in [-0.15, -0.1) is 22.7 Å². The van der Waals surface area contributed by atoms with Gasteiger partial charge in [-0.05, 0) is 40.9 Å². The predicted octanol–water partition coefficient (Wildman–Crippen LogP) is 5.08. The van der Waals surface area contributed by atoms with E-state index in [-0.39, 0.29) is 11.9 Å². The Kier molecular flexibility index (Phi) is 3.50. The second-order valence-corrected chi connectivity index (χ2v) is 8.19. The Morgan fingerprint density at radius 2 is 2.00 bits per heavy atom. The lowest BCUT2D eigenvalue weighted by Gasteiger charge is -2.35. The van der Waals surface area contributed by atoms with Crippen LogP contribution in [-0.4, -0.2) is 22.3 Å². The highest BCUT2D eigenvalue weighted by Crippen LogP contribution is 2.40. The molecule has 3 aromatic heterocycles. The highest BCUT2D eigenvalue weighted by molar-refractivity contribution is 7.10. The van der Waals surface area contributed by atoms with Gasteiger partial charge in [0.2, 0.25) is 0 Å². The van der Waals surface area contributed by atoms with Crippen molar-refractivity contribution < 1.29 is 4.79 Å². The van der Waals surface area contributed by atoms with E-state index in [0.717, 1.165) is 29.4 Å². The molecule has 0 spiro atoms. The molecule has 0 unspecified atom stereocenters. The van der Waals surface area contributed by atoms with Crippen LogP contribution in [0.25, 0.3) is 10.9 Å². The van der Waals surface area contributed by atoms with Gasteiger partial charge in [-0.25, -0.2) is 0 Å². The Morgan fingerprint density at radius 3 is 2.88 bits per heavy atom. The number of carbonyl (C=O) groups excluding carboxylic acids is 1. The van der Waals surface area contributed by atoms with Crippen LogP contribution >= 0.6 is 22.7 Å². The van der Waals surface area contributed by atoms with E-state index in [0.29, 0.717) is 0 Å². The van der Waals surface area contributed by atoms with Crippen LogP contribution in [0.4, 0.5) is 0 Å². The van der Waals surface area contributed by atoms with Gasteiger partial charge in [0.25, 0.3) is 5.91 Å². The third-order valence-corrected chi connectivity index (χ3v) is 6.78. The fourth-order valence-electron chi connectivity index (χ4n) is 3.69. The average Bonchev–Trinajstić information content (AvgIpc) is 3.39. The van der Waals surface area contributed by atoms with Gasteiger partial charge >= 0.3 is 0 Å². The van der Waals surface area contributed by atoms with Crippen LogP contribution in [0.2, 0.25) is 0 Å². The van der Waals surface area contributed by atoms with Gasteiger partial charge in [0.15, 0.2) is 0 Å². The van der Waals surface area contributed by atoms with Crippen LogP contribution in [0.3, 0.4) is 0 Å². The molecule has 124 valence electrons. The highest BCUT2D eigenvalue weighted by Gasteiger charge is 2.34. The van der Waals surface area contributed by atoms with Gasteiger partial charge in [-0.3, -0.25) is 4.79 Å². The number of carbonyl (C=O) groups is 1. The molecule has 3 nitrogen and oxygen atoms in total. The summed E-state index contributed by atoms with van der Waals surface area (Å²) in [4.78, 5) is 21.3. The van der Waals surface area contributed by atoms with Crippen molar-refractivity contribution in [2.75, 3.05) is 6.54 Å². The predicted molar refractivity (Wildman–Crippen MR) is 104 cm³/mol. The summed E-state index contributed by atoms with van der Waals surface area (Å²) in [6.45, 7) is 0.758. The molecule has 1 amide bonds. The third kappa shape index (κ3) is 2.34. The molecule has 1 N–H and O–H groups in total. The zero-order valence-corrected chi connectivity index (χ0v) is 15.1. The maximum absolute atomic E-state index is 13.4. The first kappa shape index (κ1) is 14.9. The molecule has 0 saturated heterocycles. The van der Waals surface area contributed by atoms with Crippen molar-refractivity contribution in [2.24, 2.45) is 0 Å². The molecule has 0 radical (unpaired) electrons. The van der Waals surface area contributed by atoms with Gasteiger partial charge in [0.1, 0.15) is 0 Å². The van der Waals surface area contributed by atoms with Crippen LogP contribution in [0.5, 0.6) is 0 Å². The van der Waals surface area contributed by atoms with E-state index in [1.807, 2.05) is 35.4 Å². The summed E-state index contributed by atoms with van der Waals surface area (Å²) in [7, 11) is 0. The second kappa shape index (κ2) is 5.86. The molecule has 25 heavy (non-hydrogen) atoms. The van der Waals surface area contributed by atoms with Crippen molar-refractivity contribution >= 4 is 39.5 Å². The number of hydrogen-bond acceptors (Lipinski definition) is 3. The number of aromatic nitrogens is 1. The number of benzene rings is 1. The third-order valence-electron chi connectivity index (χ3n) is 4.86. The van der Waals surface area contributed by atoms with Gasteiger partial charge in [-0.2, -0.15) is 0 Å². The van der Waals surface area contributed by atoms with Gasteiger partial charge in [0, 0.05) is 33.4 Å². The van der Waals surface area contributed by atoms with E-state index < -0.39 is 0 Å². The Bertz CT molecular complexity index is 1040. The summed E-state index contributed by atoms with van der Waals surface area (Å²) >= 11 is 3.52. The first-order valence-corrected chi connectivity index (χ1v) is 10.1. The van der Waals surface area contributed by atoms with Gasteiger partial charge < -0.3 is 9.88 Å². The zero-order valence-electron chi connectivity index (χ0n) is 13.4. The number of H-pyrrole nitrogens is 1. The average molecular weight is 364 g/mol. The molecule has 5 heteroatoms. The van der Waals surface area contributed by atoms with E-state index >= 15 is 0 Å². The minimum Gasteiger partial charge on any atom is -0.360 e. The number of aromatic amines is 1. The summed E-state index contributed by atoms with van der Waals surface area (Å²) in [5.41, 5.74) is 3.05. The molecular weight excluding hydrogens is 348 g/mol. The zero-order chi connectivity index (χ0) is 16.8. The van der Waals surface area contributed by atoms with E-state index in [1.54, 1.807) is 22.7 Å². The van der Waals surface area contributed by atoms with Crippen LogP contribution in [0.15, 0.2) is 59.4 Å². The summed E-state index contributed by atoms with van der Waals surface area (Å²) in [6.07, 6.45) is 2.78.